The number of nitrogens with zero attached hydrogens (tertiary/aromatic N) is 1. The molecule has 0 atom stereocenters. The molecule has 3 rings (SSSR count). The summed E-state index contributed by atoms with van der Waals surface area (Å²) in [6.07, 6.45) is 1.96. The summed E-state index contributed by atoms with van der Waals surface area (Å²) >= 11 is 1.71. The van der Waals surface area contributed by atoms with Crippen LogP contribution in [0.1, 0.15) is 12.8 Å². The van der Waals surface area contributed by atoms with Gasteiger partial charge in [-0.05, 0) is 25.0 Å². The van der Waals surface area contributed by atoms with Crippen molar-refractivity contribution in [3.05, 3.63) is 30.3 Å². The minimum Gasteiger partial charge on any atom is -0.380 e. The van der Waals surface area contributed by atoms with E-state index in [4.69, 9.17) is 4.74 Å². The Morgan fingerprint density at radius 3 is 2.38 bits per heavy atom. The molecule has 3 heteroatoms. The number of ether oxygens (including phenoxy) is 1. The van der Waals surface area contributed by atoms with Crippen LogP contribution in [0.15, 0.2) is 35.2 Å². The van der Waals surface area contributed by atoms with E-state index in [-0.39, 0.29) is 4.75 Å². The van der Waals surface area contributed by atoms with Crippen molar-refractivity contribution in [2.45, 2.75) is 22.5 Å². The smallest absolute Gasteiger partial charge is 0.108 e. The number of hydrogen-bond donors (Lipinski definition) is 0. The quantitative estimate of drug-likeness (QED) is 0.784. The highest BCUT2D eigenvalue weighted by Crippen LogP contribution is 2.60. The number of nitriles is 1. The van der Waals surface area contributed by atoms with Crippen LogP contribution in [-0.2, 0) is 4.74 Å². The molecule has 82 valence electrons. The zero-order valence-corrected chi connectivity index (χ0v) is 9.80. The van der Waals surface area contributed by atoms with Gasteiger partial charge < -0.3 is 4.74 Å². The standard InChI is InChI=1S/C13H13NOS/c14-8-13(6-12(7-13)9-15-10-12)16-11-4-2-1-3-5-11/h1-5H,6-7,9-10H2. The van der Waals surface area contributed by atoms with Crippen LogP contribution in [-0.4, -0.2) is 18.0 Å². The highest BCUT2D eigenvalue weighted by Gasteiger charge is 2.59. The van der Waals surface area contributed by atoms with Crippen molar-refractivity contribution in [1.29, 1.82) is 5.26 Å². The van der Waals surface area contributed by atoms with Crippen LogP contribution < -0.4 is 0 Å². The van der Waals surface area contributed by atoms with E-state index in [1.54, 1.807) is 11.8 Å². The number of hydrogen-bond acceptors (Lipinski definition) is 3. The Labute approximate surface area is 99.6 Å². The Morgan fingerprint density at radius 1 is 1.19 bits per heavy atom. The van der Waals surface area contributed by atoms with Crippen molar-refractivity contribution in [3.63, 3.8) is 0 Å². The summed E-state index contributed by atoms with van der Waals surface area (Å²) in [6, 6.07) is 12.7. The molecule has 2 nitrogen and oxygen atoms in total. The van der Waals surface area contributed by atoms with Gasteiger partial charge in [0.05, 0.1) is 19.3 Å². The lowest BCUT2D eigenvalue weighted by atomic mass is 9.60. The zero-order chi connectivity index (χ0) is 11.1. The largest absolute Gasteiger partial charge is 0.380 e. The lowest BCUT2D eigenvalue weighted by Gasteiger charge is -2.56. The lowest BCUT2D eigenvalue weighted by Crippen LogP contribution is -2.59. The van der Waals surface area contributed by atoms with Crippen LogP contribution in [0, 0.1) is 16.7 Å². The van der Waals surface area contributed by atoms with Gasteiger partial charge in [-0.15, -0.1) is 11.8 Å². The predicted molar refractivity (Wildman–Crippen MR) is 63.1 cm³/mol. The van der Waals surface area contributed by atoms with Crippen molar-refractivity contribution in [2.24, 2.45) is 5.41 Å². The maximum atomic E-state index is 9.34. The molecule has 16 heavy (non-hydrogen) atoms. The highest BCUT2D eigenvalue weighted by atomic mass is 32.2. The first kappa shape index (κ1) is 10.2. The van der Waals surface area contributed by atoms with Gasteiger partial charge in [0.2, 0.25) is 0 Å². The van der Waals surface area contributed by atoms with E-state index in [1.807, 2.05) is 18.2 Å². The fourth-order valence-corrected chi connectivity index (χ4v) is 4.19. The first-order valence-electron chi connectivity index (χ1n) is 5.49. The summed E-state index contributed by atoms with van der Waals surface area (Å²) in [7, 11) is 0. The molecule has 2 fully saturated rings. The fourth-order valence-electron chi connectivity index (χ4n) is 2.64. The molecule has 1 aromatic rings. The Kier molecular flexibility index (Phi) is 2.24. The molecule has 0 radical (unpaired) electrons. The van der Waals surface area contributed by atoms with E-state index >= 15 is 0 Å². The lowest BCUT2D eigenvalue weighted by molar-refractivity contribution is -0.161. The highest BCUT2D eigenvalue weighted by molar-refractivity contribution is 8.01. The third kappa shape index (κ3) is 1.53. The summed E-state index contributed by atoms with van der Waals surface area (Å²) < 4.78 is 5.05. The summed E-state index contributed by atoms with van der Waals surface area (Å²) in [5.41, 5.74) is 0.345. The van der Waals surface area contributed by atoms with E-state index in [2.05, 4.69) is 18.2 Å². The Morgan fingerprint density at radius 2 is 1.88 bits per heavy atom. The van der Waals surface area contributed by atoms with Gasteiger partial charge in [-0.3, -0.25) is 0 Å². The minimum absolute atomic E-state index is 0.203. The Hall–Kier alpha value is -0.980. The monoisotopic (exact) mass is 231 g/mol. The van der Waals surface area contributed by atoms with Gasteiger partial charge in [-0.25, -0.2) is 0 Å². The molecule has 1 spiro atoms. The number of thioether (sulfide) groups is 1. The van der Waals surface area contributed by atoms with Crippen molar-refractivity contribution in [3.8, 4) is 6.07 Å². The van der Waals surface area contributed by atoms with Gasteiger partial charge in [-0.2, -0.15) is 5.26 Å². The van der Waals surface area contributed by atoms with Gasteiger partial charge >= 0.3 is 0 Å². The van der Waals surface area contributed by atoms with Crippen LogP contribution in [0.5, 0.6) is 0 Å². The average Bonchev–Trinajstić information content (AvgIpc) is 2.22. The molecule has 0 bridgehead atoms. The predicted octanol–water partition coefficient (Wildman–Crippen LogP) is 2.85. The molecule has 0 N–H and O–H groups in total. The van der Waals surface area contributed by atoms with Crippen LogP contribution in [0.2, 0.25) is 0 Å². The van der Waals surface area contributed by atoms with E-state index in [1.165, 1.54) is 4.90 Å². The molecular weight excluding hydrogens is 218 g/mol. The molecule has 1 aliphatic heterocycles. The van der Waals surface area contributed by atoms with Crippen LogP contribution >= 0.6 is 11.8 Å². The first-order chi connectivity index (χ1) is 7.76. The molecule has 1 aromatic carbocycles. The topological polar surface area (TPSA) is 33.0 Å². The second-order valence-electron chi connectivity index (χ2n) is 4.87. The van der Waals surface area contributed by atoms with E-state index in [0.717, 1.165) is 26.1 Å². The van der Waals surface area contributed by atoms with Crippen molar-refractivity contribution in [1.82, 2.24) is 0 Å². The SMILES string of the molecule is N#CC1(Sc2ccccc2)CC2(COC2)C1. The fraction of sp³-hybridized carbons (Fsp3) is 0.462. The molecule has 0 unspecified atom stereocenters. The van der Waals surface area contributed by atoms with Crippen molar-refractivity contribution >= 4 is 11.8 Å². The molecule has 0 aromatic heterocycles. The first-order valence-corrected chi connectivity index (χ1v) is 6.31. The van der Waals surface area contributed by atoms with Crippen LogP contribution in [0.3, 0.4) is 0 Å². The summed E-state index contributed by atoms with van der Waals surface area (Å²) in [6.45, 7) is 1.71. The third-order valence-electron chi connectivity index (χ3n) is 3.40. The van der Waals surface area contributed by atoms with E-state index in [0.29, 0.717) is 5.41 Å². The number of benzene rings is 1. The van der Waals surface area contributed by atoms with Gasteiger partial charge in [-0.1, -0.05) is 18.2 Å². The molecule has 0 amide bonds. The normalized spacial score (nSPS) is 24.2. The maximum absolute atomic E-state index is 9.34. The molecule has 1 saturated carbocycles. The zero-order valence-electron chi connectivity index (χ0n) is 8.98. The average molecular weight is 231 g/mol. The molecule has 2 aliphatic rings. The van der Waals surface area contributed by atoms with Gasteiger partial charge in [0.25, 0.3) is 0 Å². The van der Waals surface area contributed by atoms with Gasteiger partial charge in [0.1, 0.15) is 4.75 Å². The molecular formula is C13H13NOS. The molecule has 1 heterocycles. The maximum Gasteiger partial charge on any atom is 0.108 e. The minimum atomic E-state index is -0.203. The molecule has 1 saturated heterocycles. The summed E-state index contributed by atoms with van der Waals surface area (Å²) in [4.78, 5) is 1.19. The van der Waals surface area contributed by atoms with Gasteiger partial charge in [0, 0.05) is 10.3 Å². The Bertz CT molecular complexity index is 425. The van der Waals surface area contributed by atoms with Gasteiger partial charge in [0.15, 0.2) is 0 Å². The van der Waals surface area contributed by atoms with Crippen LogP contribution in [0.4, 0.5) is 0 Å². The summed E-state index contributed by atoms with van der Waals surface area (Å²) in [5, 5.41) is 9.34. The Balaban J connectivity index is 1.72. The number of rotatable bonds is 2. The third-order valence-corrected chi connectivity index (χ3v) is 4.68. The van der Waals surface area contributed by atoms with E-state index in [9.17, 15) is 5.26 Å². The molecule has 1 aliphatic carbocycles. The summed E-state index contributed by atoms with van der Waals surface area (Å²) in [5.74, 6) is 0. The van der Waals surface area contributed by atoms with Crippen molar-refractivity contribution < 1.29 is 4.74 Å². The van der Waals surface area contributed by atoms with Crippen molar-refractivity contribution in [2.75, 3.05) is 13.2 Å². The second-order valence-corrected chi connectivity index (χ2v) is 6.32. The second kappa shape index (κ2) is 3.51. The van der Waals surface area contributed by atoms with E-state index < -0.39 is 0 Å². The van der Waals surface area contributed by atoms with Crippen LogP contribution in [0.25, 0.3) is 0 Å².